The molecule has 1 aromatic carbocycles. The van der Waals surface area contributed by atoms with Gasteiger partial charge in [-0.15, -0.1) is 0 Å². The number of pyridine rings is 1. The standard InChI is InChI=1S/C12H7F3N2O3S/c1-7-5-10(20-21(18,19)12(13,14)15)9-4-2-3-8(6-16)11(9)17-7/h2-5H,1H3. The second-order valence-corrected chi connectivity index (χ2v) is 5.60. The van der Waals surface area contributed by atoms with Crippen molar-refractivity contribution in [3.05, 3.63) is 35.5 Å². The Bertz CT molecular complexity index is 854. The molecule has 0 amide bonds. The second-order valence-electron chi connectivity index (χ2n) is 4.06. The zero-order valence-corrected chi connectivity index (χ0v) is 11.3. The highest BCUT2D eigenvalue weighted by molar-refractivity contribution is 7.88. The second kappa shape index (κ2) is 4.89. The minimum absolute atomic E-state index is 0.00692. The molecule has 0 fully saturated rings. The number of para-hydroxylation sites is 1. The molecule has 0 radical (unpaired) electrons. The van der Waals surface area contributed by atoms with E-state index in [0.717, 1.165) is 6.07 Å². The first-order chi connectivity index (χ1) is 9.65. The van der Waals surface area contributed by atoms with Crippen LogP contribution in [0.25, 0.3) is 10.9 Å². The third kappa shape index (κ3) is 2.75. The minimum Gasteiger partial charge on any atom is -0.375 e. The van der Waals surface area contributed by atoms with Crippen molar-refractivity contribution in [3.8, 4) is 11.8 Å². The average molecular weight is 316 g/mol. The Morgan fingerprint density at radius 1 is 1.33 bits per heavy atom. The van der Waals surface area contributed by atoms with Crippen molar-refractivity contribution in [2.24, 2.45) is 0 Å². The third-order valence-electron chi connectivity index (χ3n) is 2.53. The molecule has 0 N–H and O–H groups in total. The van der Waals surface area contributed by atoms with Crippen LogP contribution in [0.4, 0.5) is 13.2 Å². The van der Waals surface area contributed by atoms with Gasteiger partial charge in [0.25, 0.3) is 0 Å². The Labute approximate surface area is 117 Å². The summed E-state index contributed by atoms with van der Waals surface area (Å²) in [5.41, 5.74) is -5.14. The van der Waals surface area contributed by atoms with Gasteiger partial charge < -0.3 is 4.18 Å². The van der Waals surface area contributed by atoms with Gasteiger partial charge >= 0.3 is 15.6 Å². The predicted octanol–water partition coefficient (Wildman–Crippen LogP) is 2.64. The Balaban J connectivity index is 2.69. The van der Waals surface area contributed by atoms with Crippen LogP contribution in [0.5, 0.6) is 5.75 Å². The van der Waals surface area contributed by atoms with E-state index in [-0.39, 0.29) is 22.2 Å². The maximum atomic E-state index is 12.4. The van der Waals surface area contributed by atoms with Crippen LogP contribution in [0.3, 0.4) is 0 Å². The topological polar surface area (TPSA) is 80.0 Å². The quantitative estimate of drug-likeness (QED) is 0.628. The lowest BCUT2D eigenvalue weighted by Gasteiger charge is -2.12. The number of alkyl halides is 3. The van der Waals surface area contributed by atoms with Crippen LogP contribution in [0.1, 0.15) is 11.3 Å². The van der Waals surface area contributed by atoms with Crippen molar-refractivity contribution in [3.63, 3.8) is 0 Å². The largest absolute Gasteiger partial charge is 0.534 e. The van der Waals surface area contributed by atoms with E-state index in [1.165, 1.54) is 25.1 Å². The lowest BCUT2D eigenvalue weighted by atomic mass is 10.1. The summed E-state index contributed by atoms with van der Waals surface area (Å²) in [7, 11) is -5.79. The van der Waals surface area contributed by atoms with Crippen LogP contribution < -0.4 is 4.18 Å². The van der Waals surface area contributed by atoms with E-state index in [2.05, 4.69) is 9.17 Å². The van der Waals surface area contributed by atoms with Gasteiger partial charge in [-0.1, -0.05) is 6.07 Å². The summed E-state index contributed by atoms with van der Waals surface area (Å²) in [6, 6.07) is 7.02. The van der Waals surface area contributed by atoms with Gasteiger partial charge in [0.05, 0.1) is 11.1 Å². The zero-order chi connectivity index (χ0) is 15.8. The monoisotopic (exact) mass is 316 g/mol. The van der Waals surface area contributed by atoms with E-state index in [1.807, 2.05) is 6.07 Å². The van der Waals surface area contributed by atoms with Crippen molar-refractivity contribution in [2.45, 2.75) is 12.4 Å². The highest BCUT2D eigenvalue weighted by atomic mass is 32.2. The summed E-state index contributed by atoms with van der Waals surface area (Å²) in [5, 5.41) is 8.96. The fourth-order valence-corrected chi connectivity index (χ4v) is 2.13. The molecule has 2 aromatic rings. The minimum atomic E-state index is -5.79. The molecule has 1 aromatic heterocycles. The van der Waals surface area contributed by atoms with E-state index < -0.39 is 21.4 Å². The Morgan fingerprint density at radius 3 is 2.57 bits per heavy atom. The van der Waals surface area contributed by atoms with Gasteiger partial charge in [0.15, 0.2) is 5.75 Å². The van der Waals surface area contributed by atoms with Crippen molar-refractivity contribution >= 4 is 21.0 Å². The van der Waals surface area contributed by atoms with Gasteiger partial charge in [-0.3, -0.25) is 4.98 Å². The number of aromatic nitrogens is 1. The average Bonchev–Trinajstić information content (AvgIpc) is 2.36. The fraction of sp³-hybridized carbons (Fsp3) is 0.167. The molecule has 0 unspecified atom stereocenters. The molecule has 9 heteroatoms. The highest BCUT2D eigenvalue weighted by Crippen LogP contribution is 2.32. The van der Waals surface area contributed by atoms with Gasteiger partial charge in [0.1, 0.15) is 6.07 Å². The Kier molecular flexibility index (Phi) is 3.51. The number of hydrogen-bond acceptors (Lipinski definition) is 5. The fourth-order valence-electron chi connectivity index (χ4n) is 1.66. The number of benzene rings is 1. The summed E-state index contributed by atoms with van der Waals surface area (Å²) < 4.78 is 63.5. The van der Waals surface area contributed by atoms with Crippen molar-refractivity contribution in [1.82, 2.24) is 4.98 Å². The summed E-state index contributed by atoms with van der Waals surface area (Å²) >= 11 is 0. The molecule has 110 valence electrons. The molecule has 0 saturated carbocycles. The number of hydrogen-bond donors (Lipinski definition) is 0. The molecule has 0 spiro atoms. The lowest BCUT2D eigenvalue weighted by molar-refractivity contribution is -0.0499. The van der Waals surface area contributed by atoms with Gasteiger partial charge in [0.2, 0.25) is 0 Å². The Morgan fingerprint density at radius 2 is 2.00 bits per heavy atom. The van der Waals surface area contributed by atoms with E-state index >= 15 is 0 Å². The predicted molar refractivity (Wildman–Crippen MR) is 66.8 cm³/mol. The van der Waals surface area contributed by atoms with Crippen molar-refractivity contribution < 1.29 is 25.8 Å². The lowest BCUT2D eigenvalue weighted by Crippen LogP contribution is -2.28. The van der Waals surface area contributed by atoms with Crippen molar-refractivity contribution in [2.75, 3.05) is 0 Å². The molecule has 21 heavy (non-hydrogen) atoms. The number of nitrogens with zero attached hydrogens (tertiary/aromatic N) is 2. The van der Waals surface area contributed by atoms with E-state index in [4.69, 9.17) is 5.26 Å². The number of aryl methyl sites for hydroxylation is 1. The van der Waals surface area contributed by atoms with Crippen LogP contribution in [-0.4, -0.2) is 18.9 Å². The molecule has 0 saturated heterocycles. The molecular weight excluding hydrogens is 309 g/mol. The molecule has 1 heterocycles. The Hall–Kier alpha value is -2.34. The normalized spacial score (nSPS) is 12.1. The van der Waals surface area contributed by atoms with E-state index in [9.17, 15) is 21.6 Å². The molecule has 5 nitrogen and oxygen atoms in total. The smallest absolute Gasteiger partial charge is 0.375 e. The highest BCUT2D eigenvalue weighted by Gasteiger charge is 2.48. The number of fused-ring (bicyclic) bond motifs is 1. The first-order valence-electron chi connectivity index (χ1n) is 5.47. The van der Waals surface area contributed by atoms with Gasteiger partial charge in [-0.2, -0.15) is 26.9 Å². The van der Waals surface area contributed by atoms with Gasteiger partial charge in [-0.25, -0.2) is 0 Å². The molecular formula is C12H7F3N2O3S. The van der Waals surface area contributed by atoms with Gasteiger partial charge in [0, 0.05) is 17.1 Å². The summed E-state index contributed by atoms with van der Waals surface area (Å²) in [6.07, 6.45) is 0. The summed E-state index contributed by atoms with van der Waals surface area (Å²) in [5.74, 6) is -0.521. The van der Waals surface area contributed by atoms with E-state index in [0.29, 0.717) is 0 Å². The summed E-state index contributed by atoms with van der Waals surface area (Å²) in [4.78, 5) is 4.02. The number of halogens is 3. The first-order valence-corrected chi connectivity index (χ1v) is 6.88. The van der Waals surface area contributed by atoms with Crippen molar-refractivity contribution in [1.29, 1.82) is 5.26 Å². The van der Waals surface area contributed by atoms with Crippen LogP contribution >= 0.6 is 0 Å². The first kappa shape index (κ1) is 15.1. The number of rotatable bonds is 2. The van der Waals surface area contributed by atoms with E-state index in [1.54, 1.807) is 0 Å². The zero-order valence-electron chi connectivity index (χ0n) is 10.5. The van der Waals surface area contributed by atoms with Gasteiger partial charge in [-0.05, 0) is 19.1 Å². The molecule has 0 aliphatic heterocycles. The van der Waals surface area contributed by atoms with Crippen LogP contribution in [-0.2, 0) is 10.1 Å². The molecule has 0 bridgehead atoms. The third-order valence-corrected chi connectivity index (χ3v) is 3.50. The maximum absolute atomic E-state index is 12.4. The van der Waals surface area contributed by atoms with Crippen LogP contribution in [0, 0.1) is 18.3 Å². The maximum Gasteiger partial charge on any atom is 0.534 e. The molecule has 0 aliphatic carbocycles. The summed E-state index contributed by atoms with van der Waals surface area (Å²) in [6.45, 7) is 1.45. The molecule has 0 aliphatic rings. The SMILES string of the molecule is Cc1cc(OS(=O)(=O)C(F)(F)F)c2cccc(C#N)c2n1. The molecule has 0 atom stereocenters. The molecule has 2 rings (SSSR count). The number of nitriles is 1. The van der Waals surface area contributed by atoms with Crippen LogP contribution in [0.15, 0.2) is 24.3 Å². The van der Waals surface area contributed by atoms with Crippen LogP contribution in [0.2, 0.25) is 0 Å².